The minimum absolute atomic E-state index is 0.245. The van der Waals surface area contributed by atoms with Gasteiger partial charge in [0.05, 0.1) is 0 Å². The summed E-state index contributed by atoms with van der Waals surface area (Å²) in [5.74, 6) is 2.12. The zero-order valence-corrected chi connectivity index (χ0v) is 7.69. The lowest BCUT2D eigenvalue weighted by atomic mass is 10.1. The van der Waals surface area contributed by atoms with Crippen LogP contribution in [-0.2, 0) is 6.54 Å². The lowest BCUT2D eigenvalue weighted by molar-refractivity contribution is 0.244. The molecule has 1 aliphatic heterocycles. The van der Waals surface area contributed by atoms with Crippen LogP contribution in [-0.4, -0.2) is 33.0 Å². The van der Waals surface area contributed by atoms with Gasteiger partial charge in [0.2, 0.25) is 5.95 Å². The van der Waals surface area contributed by atoms with Crippen molar-refractivity contribution in [3.63, 3.8) is 0 Å². The Kier molecular flexibility index (Phi) is 2.18. The zero-order chi connectivity index (χ0) is 9.26. The number of aryl methyl sites for hydroxylation is 1. The van der Waals surface area contributed by atoms with Crippen LogP contribution in [0.15, 0.2) is 0 Å². The normalized spacial score (nSPS) is 20.9. The number of aliphatic hydroxyl groups excluding tert-OH is 1. The molecule has 1 unspecified atom stereocenters. The number of hydrogen-bond donors (Lipinski definition) is 2. The Morgan fingerprint density at radius 1 is 1.69 bits per heavy atom. The first-order valence-corrected chi connectivity index (χ1v) is 4.56. The molecule has 1 aliphatic rings. The molecule has 2 N–H and O–H groups in total. The molecule has 5 nitrogen and oxygen atoms in total. The van der Waals surface area contributed by atoms with Crippen LogP contribution in [0.3, 0.4) is 0 Å². The fourth-order valence-corrected chi connectivity index (χ4v) is 1.63. The van der Waals surface area contributed by atoms with Crippen LogP contribution >= 0.6 is 0 Å². The average molecular weight is 182 g/mol. The molecule has 2 heterocycles. The van der Waals surface area contributed by atoms with E-state index in [9.17, 15) is 0 Å². The minimum atomic E-state index is 0.245. The van der Waals surface area contributed by atoms with E-state index in [1.807, 2.05) is 11.6 Å². The summed E-state index contributed by atoms with van der Waals surface area (Å²) in [5, 5.41) is 16.2. The summed E-state index contributed by atoms with van der Waals surface area (Å²) in [4.78, 5) is 4.22. The molecule has 72 valence electrons. The van der Waals surface area contributed by atoms with Crippen molar-refractivity contribution < 1.29 is 5.11 Å². The number of aliphatic hydroxyl groups is 1. The molecule has 0 bridgehead atoms. The van der Waals surface area contributed by atoms with Gasteiger partial charge in [-0.15, -0.1) is 0 Å². The number of nitrogens with zero attached hydrogens (tertiary/aromatic N) is 3. The Labute approximate surface area is 76.8 Å². The summed E-state index contributed by atoms with van der Waals surface area (Å²) in [6.07, 6.45) is 0.825. The molecule has 13 heavy (non-hydrogen) atoms. The van der Waals surface area contributed by atoms with Gasteiger partial charge in [0.15, 0.2) is 0 Å². The van der Waals surface area contributed by atoms with Crippen molar-refractivity contribution in [2.75, 3.05) is 18.5 Å². The van der Waals surface area contributed by atoms with E-state index in [2.05, 4.69) is 15.4 Å². The highest BCUT2D eigenvalue weighted by Crippen LogP contribution is 2.16. The standard InChI is InChI=1S/C8H14N4O/c1-6-10-8-9-4-7(2-3-13)5-12(8)11-6/h7,13H,2-5H2,1H3,(H,9,10,11). The van der Waals surface area contributed by atoms with Gasteiger partial charge in [0.25, 0.3) is 0 Å². The number of rotatable bonds is 2. The van der Waals surface area contributed by atoms with Crippen LogP contribution < -0.4 is 5.32 Å². The van der Waals surface area contributed by atoms with Crippen molar-refractivity contribution in [1.29, 1.82) is 0 Å². The number of nitrogens with one attached hydrogen (secondary N) is 1. The molecule has 1 aromatic heterocycles. The van der Waals surface area contributed by atoms with Crippen LogP contribution in [0.4, 0.5) is 5.95 Å². The lowest BCUT2D eigenvalue weighted by Gasteiger charge is -2.22. The fourth-order valence-electron chi connectivity index (χ4n) is 1.63. The van der Waals surface area contributed by atoms with E-state index in [4.69, 9.17) is 5.11 Å². The Morgan fingerprint density at radius 2 is 2.54 bits per heavy atom. The largest absolute Gasteiger partial charge is 0.396 e. The Hall–Kier alpha value is -1.10. The van der Waals surface area contributed by atoms with E-state index >= 15 is 0 Å². The maximum absolute atomic E-state index is 8.80. The van der Waals surface area contributed by atoms with Gasteiger partial charge < -0.3 is 10.4 Å². The van der Waals surface area contributed by atoms with Crippen LogP contribution in [0.25, 0.3) is 0 Å². The second-order valence-corrected chi connectivity index (χ2v) is 3.42. The van der Waals surface area contributed by atoms with Gasteiger partial charge in [-0.1, -0.05) is 0 Å². The second kappa shape index (κ2) is 3.33. The number of anilines is 1. The first-order valence-electron chi connectivity index (χ1n) is 4.56. The van der Waals surface area contributed by atoms with Crippen LogP contribution in [0.1, 0.15) is 12.2 Å². The van der Waals surface area contributed by atoms with Gasteiger partial charge in [0, 0.05) is 19.7 Å². The van der Waals surface area contributed by atoms with Crippen molar-refractivity contribution in [3.8, 4) is 0 Å². The van der Waals surface area contributed by atoms with Crippen molar-refractivity contribution in [2.24, 2.45) is 5.92 Å². The van der Waals surface area contributed by atoms with Crippen molar-refractivity contribution in [2.45, 2.75) is 19.9 Å². The molecule has 0 aromatic carbocycles. The minimum Gasteiger partial charge on any atom is -0.396 e. The van der Waals surface area contributed by atoms with Crippen molar-refractivity contribution in [1.82, 2.24) is 14.8 Å². The molecule has 1 aromatic rings. The Morgan fingerprint density at radius 3 is 3.31 bits per heavy atom. The van der Waals surface area contributed by atoms with E-state index in [1.54, 1.807) is 0 Å². The van der Waals surface area contributed by atoms with Crippen molar-refractivity contribution >= 4 is 5.95 Å². The maximum atomic E-state index is 8.80. The summed E-state index contributed by atoms with van der Waals surface area (Å²) in [6.45, 7) is 3.88. The van der Waals surface area contributed by atoms with Gasteiger partial charge in [-0.3, -0.25) is 0 Å². The predicted octanol–water partition coefficient (Wildman–Crippen LogP) is 0.0106. The lowest BCUT2D eigenvalue weighted by Crippen LogP contribution is -2.28. The molecule has 0 aliphatic carbocycles. The highest BCUT2D eigenvalue weighted by Gasteiger charge is 2.19. The Balaban J connectivity index is 2.10. The van der Waals surface area contributed by atoms with E-state index < -0.39 is 0 Å². The molecule has 0 saturated heterocycles. The van der Waals surface area contributed by atoms with Crippen LogP contribution in [0.2, 0.25) is 0 Å². The highest BCUT2D eigenvalue weighted by molar-refractivity contribution is 5.26. The summed E-state index contributed by atoms with van der Waals surface area (Å²) in [5.41, 5.74) is 0. The molecule has 0 saturated carbocycles. The maximum Gasteiger partial charge on any atom is 0.221 e. The molecule has 1 atom stereocenters. The first-order chi connectivity index (χ1) is 6.29. The van der Waals surface area contributed by atoms with Crippen molar-refractivity contribution in [3.05, 3.63) is 5.82 Å². The predicted molar refractivity (Wildman–Crippen MR) is 48.4 cm³/mol. The molecule has 0 radical (unpaired) electrons. The van der Waals surface area contributed by atoms with E-state index in [-0.39, 0.29) is 6.61 Å². The molecule has 0 spiro atoms. The quantitative estimate of drug-likeness (QED) is 0.676. The fraction of sp³-hybridized carbons (Fsp3) is 0.750. The van der Waals surface area contributed by atoms with Gasteiger partial charge >= 0.3 is 0 Å². The van der Waals surface area contributed by atoms with Gasteiger partial charge in [-0.25, -0.2) is 4.68 Å². The zero-order valence-electron chi connectivity index (χ0n) is 7.69. The van der Waals surface area contributed by atoms with Gasteiger partial charge in [-0.2, -0.15) is 10.1 Å². The highest BCUT2D eigenvalue weighted by atomic mass is 16.3. The number of hydrogen-bond acceptors (Lipinski definition) is 4. The van der Waals surface area contributed by atoms with E-state index in [0.29, 0.717) is 5.92 Å². The SMILES string of the molecule is Cc1nc2n(n1)CC(CCO)CN2. The van der Waals surface area contributed by atoms with Gasteiger partial charge in [-0.05, 0) is 19.3 Å². The van der Waals surface area contributed by atoms with Crippen LogP contribution in [0, 0.1) is 12.8 Å². The van der Waals surface area contributed by atoms with Crippen LogP contribution in [0.5, 0.6) is 0 Å². The average Bonchev–Trinajstić information content (AvgIpc) is 2.44. The molecule has 5 heteroatoms. The molecule has 2 rings (SSSR count). The third-order valence-corrected chi connectivity index (χ3v) is 2.29. The Bertz CT molecular complexity index is 296. The third kappa shape index (κ3) is 1.65. The van der Waals surface area contributed by atoms with Gasteiger partial charge in [0.1, 0.15) is 5.82 Å². The number of aromatic nitrogens is 3. The first kappa shape index (κ1) is 8.50. The topological polar surface area (TPSA) is 63.0 Å². The summed E-state index contributed by atoms with van der Waals surface area (Å²) in [6, 6.07) is 0. The van der Waals surface area contributed by atoms with E-state index in [1.165, 1.54) is 0 Å². The molecular formula is C8H14N4O. The third-order valence-electron chi connectivity index (χ3n) is 2.29. The molecule has 0 amide bonds. The number of fused-ring (bicyclic) bond motifs is 1. The summed E-state index contributed by atoms with van der Waals surface area (Å²) in [7, 11) is 0. The molecule has 0 fully saturated rings. The second-order valence-electron chi connectivity index (χ2n) is 3.42. The molecular weight excluding hydrogens is 168 g/mol. The summed E-state index contributed by atoms with van der Waals surface area (Å²) < 4.78 is 1.87. The smallest absolute Gasteiger partial charge is 0.221 e. The summed E-state index contributed by atoms with van der Waals surface area (Å²) >= 11 is 0. The monoisotopic (exact) mass is 182 g/mol. The van der Waals surface area contributed by atoms with E-state index in [0.717, 1.165) is 31.3 Å².